The maximum Gasteiger partial charge on any atom is 0.223 e. The fraction of sp³-hybridized carbons (Fsp3) is 0.383. The van der Waals surface area contributed by atoms with Crippen molar-refractivity contribution in [1.82, 2.24) is 45.1 Å². The average molecular weight is 854 g/mol. The molecule has 1 aliphatic heterocycles. The number of likely N-dealkylation sites (tertiary alicyclic amines) is 1. The molecular formula is C47H55N11OS2. The number of nitrogens with one attached hydrogen (secondary N) is 3. The van der Waals surface area contributed by atoms with Gasteiger partial charge in [-0.3, -0.25) is 4.79 Å². The molecule has 5 heterocycles. The Morgan fingerprint density at radius 1 is 0.967 bits per heavy atom. The number of hydrogen-bond acceptors (Lipinski definition) is 11. The van der Waals surface area contributed by atoms with E-state index in [4.69, 9.17) is 10.7 Å². The first-order valence-electron chi connectivity index (χ1n) is 21.5. The Kier molecular flexibility index (Phi) is 13.9. The third-order valence-electron chi connectivity index (χ3n) is 11.2. The molecule has 3 aromatic carbocycles. The van der Waals surface area contributed by atoms with Gasteiger partial charge in [-0.15, -0.1) is 16.4 Å². The standard InChI is InChI=1S/C47H55N11OS2/c1-4-25-60-47-52-44(50-20-18-48)43-45(53-47)58(55-54-43)30-34-10-8-33(9-11-34)7-6-19-51-46(59)36-16-22-56(23-17-36)24-21-49-29-35-12-15-40-39(27-35)38-14-13-37(28-41(38)57(40)5-2)42-26-32(3)31-61-42/h8-15,26-28,31,36,49H,4-5,16-25,29-30,48H2,1-3H3,(H,51,59)(H,50,52,53). The second kappa shape index (κ2) is 20.0. The molecule has 0 saturated carbocycles. The van der Waals surface area contributed by atoms with Crippen LogP contribution in [0.15, 0.2) is 77.3 Å². The molecule has 7 aromatic rings. The Bertz CT molecular complexity index is 2660. The number of rotatable bonds is 17. The van der Waals surface area contributed by atoms with Crippen molar-refractivity contribution in [3.05, 3.63) is 94.4 Å². The smallest absolute Gasteiger partial charge is 0.223 e. The lowest BCUT2D eigenvalue weighted by atomic mass is 9.96. The molecule has 5 N–H and O–H groups in total. The number of nitrogens with zero attached hydrogens (tertiary/aromatic N) is 7. The van der Waals surface area contributed by atoms with Gasteiger partial charge in [0.15, 0.2) is 22.1 Å². The lowest BCUT2D eigenvalue weighted by Crippen LogP contribution is -2.42. The van der Waals surface area contributed by atoms with Crippen molar-refractivity contribution < 1.29 is 4.79 Å². The molecule has 0 atom stereocenters. The van der Waals surface area contributed by atoms with E-state index in [0.29, 0.717) is 48.3 Å². The van der Waals surface area contributed by atoms with Crippen LogP contribution in [0.25, 0.3) is 43.4 Å². The van der Waals surface area contributed by atoms with Crippen LogP contribution < -0.4 is 21.7 Å². The Hall–Kier alpha value is -5.30. The van der Waals surface area contributed by atoms with Gasteiger partial charge in [-0.05, 0) is 110 Å². The van der Waals surface area contributed by atoms with Crippen LogP contribution in [0.2, 0.25) is 0 Å². The molecular weight excluding hydrogens is 799 g/mol. The number of benzene rings is 3. The first-order chi connectivity index (χ1) is 29.9. The quantitative estimate of drug-likeness (QED) is 0.0320. The van der Waals surface area contributed by atoms with Gasteiger partial charge in [0.25, 0.3) is 0 Å². The highest BCUT2D eigenvalue weighted by atomic mass is 32.2. The first-order valence-corrected chi connectivity index (χ1v) is 23.3. The summed E-state index contributed by atoms with van der Waals surface area (Å²) < 4.78 is 4.24. The summed E-state index contributed by atoms with van der Waals surface area (Å²) in [7, 11) is 0. The number of carbonyl (C=O) groups excluding carboxylic acids is 1. The summed E-state index contributed by atoms with van der Waals surface area (Å²) in [6.07, 6.45) is 2.76. The van der Waals surface area contributed by atoms with Crippen LogP contribution in [0.5, 0.6) is 0 Å². The van der Waals surface area contributed by atoms with Crippen molar-refractivity contribution in [2.24, 2.45) is 11.7 Å². The van der Waals surface area contributed by atoms with Gasteiger partial charge >= 0.3 is 0 Å². The number of hydrogen-bond donors (Lipinski definition) is 4. The molecule has 8 rings (SSSR count). The minimum Gasteiger partial charge on any atom is -0.367 e. The van der Waals surface area contributed by atoms with E-state index in [9.17, 15) is 4.79 Å². The molecule has 1 aliphatic rings. The molecule has 0 unspecified atom stereocenters. The van der Waals surface area contributed by atoms with Crippen LogP contribution in [0.3, 0.4) is 0 Å². The van der Waals surface area contributed by atoms with Crippen molar-refractivity contribution in [1.29, 1.82) is 0 Å². The Balaban J connectivity index is 0.764. The number of amides is 1. The lowest BCUT2D eigenvalue weighted by Gasteiger charge is -2.31. The summed E-state index contributed by atoms with van der Waals surface area (Å²) >= 11 is 3.43. The number of aryl methyl sites for hydroxylation is 2. The van der Waals surface area contributed by atoms with Crippen molar-refractivity contribution in [2.75, 3.05) is 56.9 Å². The Morgan fingerprint density at radius 2 is 1.80 bits per heavy atom. The highest BCUT2D eigenvalue weighted by Crippen LogP contribution is 2.35. The molecule has 1 fully saturated rings. The maximum absolute atomic E-state index is 13.0. The molecule has 0 bridgehead atoms. The van der Waals surface area contributed by atoms with Gasteiger partial charge < -0.3 is 31.2 Å². The van der Waals surface area contributed by atoms with E-state index in [1.807, 2.05) is 35.6 Å². The normalized spacial score (nSPS) is 13.6. The molecule has 0 spiro atoms. The minimum atomic E-state index is 0.0275. The summed E-state index contributed by atoms with van der Waals surface area (Å²) in [6, 6.07) is 24.1. The zero-order valence-electron chi connectivity index (χ0n) is 35.3. The maximum atomic E-state index is 13.0. The summed E-state index contributed by atoms with van der Waals surface area (Å²) in [5, 5.41) is 24.3. The van der Waals surface area contributed by atoms with E-state index in [1.165, 1.54) is 43.4 Å². The van der Waals surface area contributed by atoms with Gasteiger partial charge in [-0.1, -0.05) is 66.1 Å². The monoisotopic (exact) mass is 853 g/mol. The molecule has 14 heteroatoms. The van der Waals surface area contributed by atoms with Crippen LogP contribution in [-0.2, 0) is 24.4 Å². The number of nitrogens with two attached hydrogens (primary N) is 1. The van der Waals surface area contributed by atoms with Crippen molar-refractivity contribution in [3.8, 4) is 22.3 Å². The van der Waals surface area contributed by atoms with Crippen molar-refractivity contribution in [2.45, 2.75) is 64.8 Å². The van der Waals surface area contributed by atoms with Gasteiger partial charge in [-0.25, -0.2) is 14.6 Å². The van der Waals surface area contributed by atoms with Crippen LogP contribution in [0.1, 0.15) is 55.4 Å². The summed E-state index contributed by atoms with van der Waals surface area (Å²) in [4.78, 5) is 26.2. The van der Waals surface area contributed by atoms with Gasteiger partial charge in [0.2, 0.25) is 5.91 Å². The number of anilines is 1. The zero-order chi connectivity index (χ0) is 42.1. The van der Waals surface area contributed by atoms with Gasteiger partial charge in [-0.2, -0.15) is 0 Å². The highest BCUT2D eigenvalue weighted by molar-refractivity contribution is 7.99. The second-order valence-electron chi connectivity index (χ2n) is 15.7. The van der Waals surface area contributed by atoms with Gasteiger partial charge in [0.1, 0.15) is 0 Å². The third-order valence-corrected chi connectivity index (χ3v) is 13.4. The number of thioether (sulfide) groups is 1. The van der Waals surface area contributed by atoms with Crippen LogP contribution >= 0.6 is 23.1 Å². The Morgan fingerprint density at radius 3 is 2.57 bits per heavy atom. The van der Waals surface area contributed by atoms with E-state index < -0.39 is 0 Å². The van der Waals surface area contributed by atoms with E-state index in [-0.39, 0.29) is 11.8 Å². The Labute approximate surface area is 366 Å². The molecule has 61 heavy (non-hydrogen) atoms. The van der Waals surface area contributed by atoms with Crippen LogP contribution in [-0.4, -0.2) is 91.9 Å². The summed E-state index contributed by atoms with van der Waals surface area (Å²) in [5.41, 5.74) is 15.5. The molecule has 0 radical (unpaired) electrons. The largest absolute Gasteiger partial charge is 0.367 e. The van der Waals surface area contributed by atoms with Crippen molar-refractivity contribution >= 4 is 67.8 Å². The molecule has 1 saturated heterocycles. The highest BCUT2D eigenvalue weighted by Gasteiger charge is 2.24. The zero-order valence-corrected chi connectivity index (χ0v) is 37.0. The SMILES string of the molecule is CCCSc1nc(NCCN)c2nnn(Cc3ccc(C#CCNC(=O)C4CCN(CCNCc5ccc6c(c5)c5ccc(-c7cc(C)cs7)cc5n6CC)CC4)cc3)c2n1. The molecule has 12 nitrogen and oxygen atoms in total. The molecule has 316 valence electrons. The predicted octanol–water partition coefficient (Wildman–Crippen LogP) is 7.28. The molecule has 0 aliphatic carbocycles. The van der Waals surface area contributed by atoms with Gasteiger partial charge in [0, 0.05) is 83.2 Å². The summed E-state index contributed by atoms with van der Waals surface area (Å²) in [5.74, 6) is 8.03. The topological polar surface area (TPSA) is 144 Å². The second-order valence-corrected chi connectivity index (χ2v) is 17.6. The molecule has 4 aromatic heterocycles. The van der Waals surface area contributed by atoms with Crippen molar-refractivity contribution in [3.63, 3.8) is 0 Å². The van der Waals surface area contributed by atoms with Crippen LogP contribution in [0.4, 0.5) is 5.82 Å². The van der Waals surface area contributed by atoms with Crippen LogP contribution in [0, 0.1) is 24.7 Å². The number of thiophene rings is 1. The van der Waals surface area contributed by atoms with E-state index in [1.54, 1.807) is 16.4 Å². The number of piperidine rings is 1. The first kappa shape index (κ1) is 42.4. The van der Waals surface area contributed by atoms with E-state index >= 15 is 0 Å². The minimum absolute atomic E-state index is 0.0275. The number of carbonyl (C=O) groups is 1. The fourth-order valence-electron chi connectivity index (χ4n) is 8.02. The molecule has 1 amide bonds. The third kappa shape index (κ3) is 10.1. The lowest BCUT2D eigenvalue weighted by molar-refractivity contribution is -0.126. The number of fused-ring (bicyclic) bond motifs is 4. The predicted molar refractivity (Wildman–Crippen MR) is 251 cm³/mol. The van der Waals surface area contributed by atoms with E-state index in [2.05, 4.69) is 121 Å². The fourth-order valence-corrected chi connectivity index (χ4v) is 9.62. The van der Waals surface area contributed by atoms with Gasteiger partial charge in [0.05, 0.1) is 13.1 Å². The average Bonchev–Trinajstić information content (AvgIpc) is 4.00. The summed E-state index contributed by atoms with van der Waals surface area (Å²) in [6.45, 7) is 13.9. The van der Waals surface area contributed by atoms with E-state index in [0.717, 1.165) is 75.4 Å². The number of aromatic nitrogens is 6.